The van der Waals surface area contributed by atoms with Gasteiger partial charge in [-0.2, -0.15) is 0 Å². The summed E-state index contributed by atoms with van der Waals surface area (Å²) in [5, 5.41) is 11.6. The number of fused-ring (bicyclic) bond motifs is 3. The average molecular weight is 198 g/mol. The van der Waals surface area contributed by atoms with E-state index in [0.717, 1.165) is 27.5 Å². The largest absolute Gasteiger partial charge is 0.507 e. The van der Waals surface area contributed by atoms with Gasteiger partial charge in [-0.05, 0) is 24.6 Å². The lowest BCUT2D eigenvalue weighted by Crippen LogP contribution is -1.71. The molecule has 3 aromatic rings. The number of hydrogen-bond donors (Lipinski definition) is 1. The second kappa shape index (κ2) is 2.76. The van der Waals surface area contributed by atoms with Gasteiger partial charge in [0.25, 0.3) is 0 Å². The smallest absolute Gasteiger partial charge is 0.139 e. The molecule has 2 aromatic carbocycles. The molecule has 0 aliphatic carbocycles. The fourth-order valence-corrected chi connectivity index (χ4v) is 1.97. The van der Waals surface area contributed by atoms with Crippen molar-refractivity contribution in [2.75, 3.05) is 0 Å². The van der Waals surface area contributed by atoms with Crippen LogP contribution in [0.3, 0.4) is 0 Å². The van der Waals surface area contributed by atoms with Gasteiger partial charge in [-0.1, -0.05) is 24.3 Å². The molecule has 74 valence electrons. The minimum Gasteiger partial charge on any atom is -0.507 e. The summed E-state index contributed by atoms with van der Waals surface area (Å²) in [6, 6.07) is 11.3. The van der Waals surface area contributed by atoms with Crippen molar-refractivity contribution in [2.45, 2.75) is 6.92 Å². The van der Waals surface area contributed by atoms with Gasteiger partial charge >= 0.3 is 0 Å². The molecular formula is C13H10O2. The molecular weight excluding hydrogens is 188 g/mol. The number of rotatable bonds is 0. The quantitative estimate of drug-likeness (QED) is 0.598. The average Bonchev–Trinajstić information content (AvgIpc) is 2.59. The summed E-state index contributed by atoms with van der Waals surface area (Å²) in [4.78, 5) is 0. The number of phenolic OH excluding ortho intramolecular Hbond substituents is 1. The van der Waals surface area contributed by atoms with Gasteiger partial charge in [-0.25, -0.2) is 0 Å². The number of hydrogen-bond acceptors (Lipinski definition) is 2. The van der Waals surface area contributed by atoms with E-state index in [4.69, 9.17) is 4.42 Å². The lowest BCUT2D eigenvalue weighted by molar-refractivity contribution is 0.481. The Morgan fingerprint density at radius 3 is 2.73 bits per heavy atom. The van der Waals surface area contributed by atoms with Crippen molar-refractivity contribution in [3.63, 3.8) is 0 Å². The van der Waals surface area contributed by atoms with E-state index >= 15 is 0 Å². The molecule has 15 heavy (non-hydrogen) atoms. The molecule has 1 N–H and O–H groups in total. The van der Waals surface area contributed by atoms with Crippen LogP contribution in [0.2, 0.25) is 0 Å². The summed E-state index contributed by atoms with van der Waals surface area (Å²) in [7, 11) is 0. The Hall–Kier alpha value is -1.96. The minimum absolute atomic E-state index is 0.275. The zero-order valence-electron chi connectivity index (χ0n) is 8.32. The first-order valence-electron chi connectivity index (χ1n) is 4.87. The van der Waals surface area contributed by atoms with Crippen LogP contribution in [0.4, 0.5) is 0 Å². The molecule has 3 rings (SSSR count). The van der Waals surface area contributed by atoms with Crippen LogP contribution in [-0.4, -0.2) is 5.11 Å². The van der Waals surface area contributed by atoms with Crippen LogP contribution >= 0.6 is 0 Å². The predicted octanol–water partition coefficient (Wildman–Crippen LogP) is 3.60. The number of aromatic hydroxyl groups is 1. The van der Waals surface area contributed by atoms with Gasteiger partial charge in [0.05, 0.1) is 5.39 Å². The normalized spacial score (nSPS) is 11.3. The van der Waals surface area contributed by atoms with Crippen LogP contribution in [-0.2, 0) is 0 Å². The van der Waals surface area contributed by atoms with E-state index in [0.29, 0.717) is 0 Å². The van der Waals surface area contributed by atoms with Crippen LogP contribution in [0.25, 0.3) is 21.9 Å². The molecule has 0 bridgehead atoms. The van der Waals surface area contributed by atoms with Crippen LogP contribution in [0.5, 0.6) is 5.75 Å². The van der Waals surface area contributed by atoms with Crippen molar-refractivity contribution >= 4 is 21.9 Å². The SMILES string of the molecule is Cc1cccc2c1oc1cccc(O)c12. The number of phenols is 1. The summed E-state index contributed by atoms with van der Waals surface area (Å²) >= 11 is 0. The minimum atomic E-state index is 0.275. The Labute approximate surface area is 86.7 Å². The zero-order valence-corrected chi connectivity index (χ0v) is 8.32. The molecule has 0 fully saturated rings. The Kier molecular flexibility index (Phi) is 1.54. The van der Waals surface area contributed by atoms with Crippen molar-refractivity contribution in [1.29, 1.82) is 0 Å². The number of furan rings is 1. The highest BCUT2D eigenvalue weighted by atomic mass is 16.3. The Morgan fingerprint density at radius 2 is 1.87 bits per heavy atom. The van der Waals surface area contributed by atoms with E-state index in [1.807, 2.05) is 31.2 Å². The summed E-state index contributed by atoms with van der Waals surface area (Å²) in [5.74, 6) is 0.275. The number of benzene rings is 2. The first kappa shape index (κ1) is 8.36. The van der Waals surface area contributed by atoms with E-state index in [1.165, 1.54) is 0 Å². The zero-order chi connectivity index (χ0) is 10.4. The highest BCUT2D eigenvalue weighted by Crippen LogP contribution is 2.35. The molecule has 0 saturated carbocycles. The molecule has 0 aliphatic heterocycles. The summed E-state index contributed by atoms with van der Waals surface area (Å²) in [6.45, 7) is 2.00. The van der Waals surface area contributed by atoms with E-state index in [9.17, 15) is 5.11 Å². The maximum Gasteiger partial charge on any atom is 0.139 e. The van der Waals surface area contributed by atoms with E-state index in [-0.39, 0.29) is 5.75 Å². The van der Waals surface area contributed by atoms with Crippen molar-refractivity contribution in [3.05, 3.63) is 42.0 Å². The Morgan fingerprint density at radius 1 is 1.07 bits per heavy atom. The van der Waals surface area contributed by atoms with Crippen molar-refractivity contribution in [1.82, 2.24) is 0 Å². The lowest BCUT2D eigenvalue weighted by Gasteiger charge is -1.93. The highest BCUT2D eigenvalue weighted by molar-refractivity contribution is 6.08. The Balaban J connectivity index is 2.65. The standard InChI is InChI=1S/C13H10O2/c1-8-4-2-5-9-12-10(14)6-3-7-11(12)15-13(8)9/h2-7,14H,1H3. The van der Waals surface area contributed by atoms with Gasteiger partial charge in [-0.15, -0.1) is 0 Å². The summed E-state index contributed by atoms with van der Waals surface area (Å²) < 4.78 is 5.70. The van der Waals surface area contributed by atoms with Gasteiger partial charge in [-0.3, -0.25) is 0 Å². The van der Waals surface area contributed by atoms with Crippen LogP contribution in [0, 0.1) is 6.92 Å². The maximum absolute atomic E-state index is 9.79. The number of para-hydroxylation sites is 1. The van der Waals surface area contributed by atoms with Gasteiger partial charge in [0.1, 0.15) is 16.9 Å². The third-order valence-electron chi connectivity index (χ3n) is 2.70. The summed E-state index contributed by atoms with van der Waals surface area (Å²) in [5.41, 5.74) is 2.68. The van der Waals surface area contributed by atoms with Crippen molar-refractivity contribution in [3.8, 4) is 5.75 Å². The van der Waals surface area contributed by atoms with Gasteiger partial charge in [0.15, 0.2) is 0 Å². The molecule has 0 spiro atoms. The fraction of sp³-hybridized carbons (Fsp3) is 0.0769. The van der Waals surface area contributed by atoms with Crippen LogP contribution in [0.1, 0.15) is 5.56 Å². The topological polar surface area (TPSA) is 33.4 Å². The highest BCUT2D eigenvalue weighted by Gasteiger charge is 2.10. The molecule has 2 nitrogen and oxygen atoms in total. The third-order valence-corrected chi connectivity index (χ3v) is 2.70. The van der Waals surface area contributed by atoms with Gasteiger partial charge < -0.3 is 9.52 Å². The van der Waals surface area contributed by atoms with Gasteiger partial charge in [0, 0.05) is 5.39 Å². The molecule has 0 saturated heterocycles. The van der Waals surface area contributed by atoms with E-state index < -0.39 is 0 Å². The van der Waals surface area contributed by atoms with Crippen LogP contribution in [0.15, 0.2) is 40.8 Å². The van der Waals surface area contributed by atoms with Crippen LogP contribution < -0.4 is 0 Å². The maximum atomic E-state index is 9.79. The third kappa shape index (κ3) is 1.05. The summed E-state index contributed by atoms with van der Waals surface area (Å²) in [6.07, 6.45) is 0. The van der Waals surface area contributed by atoms with Crippen molar-refractivity contribution < 1.29 is 9.52 Å². The molecule has 0 amide bonds. The molecule has 2 heteroatoms. The first-order valence-corrected chi connectivity index (χ1v) is 4.87. The van der Waals surface area contributed by atoms with Gasteiger partial charge in [0.2, 0.25) is 0 Å². The van der Waals surface area contributed by atoms with E-state index in [1.54, 1.807) is 12.1 Å². The number of aryl methyl sites for hydroxylation is 1. The van der Waals surface area contributed by atoms with Crippen molar-refractivity contribution in [2.24, 2.45) is 0 Å². The molecule has 0 aliphatic rings. The lowest BCUT2D eigenvalue weighted by atomic mass is 10.1. The second-order valence-electron chi connectivity index (χ2n) is 3.70. The predicted molar refractivity (Wildman–Crippen MR) is 60.1 cm³/mol. The molecule has 0 radical (unpaired) electrons. The molecule has 0 unspecified atom stereocenters. The monoisotopic (exact) mass is 198 g/mol. The molecule has 0 atom stereocenters. The first-order chi connectivity index (χ1) is 7.27. The molecule has 1 heterocycles. The second-order valence-corrected chi connectivity index (χ2v) is 3.70. The fourth-order valence-electron chi connectivity index (χ4n) is 1.97. The molecule has 1 aromatic heterocycles. The Bertz CT molecular complexity index is 650. The van der Waals surface area contributed by atoms with E-state index in [2.05, 4.69) is 0 Å².